The van der Waals surface area contributed by atoms with E-state index in [1.54, 1.807) is 0 Å². The highest BCUT2D eigenvalue weighted by atomic mass is 35.5. The van der Waals surface area contributed by atoms with E-state index in [1.807, 2.05) is 0 Å². The number of esters is 1. The Morgan fingerprint density at radius 3 is 2.72 bits per heavy atom. The Labute approximate surface area is 109 Å². The predicted octanol–water partition coefficient (Wildman–Crippen LogP) is -0.276. The van der Waals surface area contributed by atoms with Gasteiger partial charge in [-0.15, -0.1) is 11.6 Å². The van der Waals surface area contributed by atoms with Crippen molar-refractivity contribution in [1.82, 2.24) is 10.2 Å². The van der Waals surface area contributed by atoms with Gasteiger partial charge >= 0.3 is 12.0 Å². The molecule has 102 valence electrons. The molecule has 0 saturated carbocycles. The predicted molar refractivity (Wildman–Crippen MR) is 62.2 cm³/mol. The van der Waals surface area contributed by atoms with Gasteiger partial charge in [0, 0.05) is 6.54 Å². The molecule has 3 amide bonds. The number of alkyl halides is 1. The van der Waals surface area contributed by atoms with E-state index < -0.39 is 29.3 Å². The summed E-state index contributed by atoms with van der Waals surface area (Å²) in [5.74, 6) is -1.20. The maximum absolute atomic E-state index is 11.8. The molecule has 0 aromatic rings. The van der Waals surface area contributed by atoms with Crippen LogP contribution in [-0.4, -0.2) is 61.1 Å². The van der Waals surface area contributed by atoms with Crippen molar-refractivity contribution in [2.75, 3.05) is 26.9 Å². The molecule has 1 aliphatic rings. The fourth-order valence-corrected chi connectivity index (χ4v) is 1.51. The third-order valence-corrected chi connectivity index (χ3v) is 2.65. The van der Waals surface area contributed by atoms with Crippen LogP contribution < -0.4 is 5.32 Å². The molecule has 0 aromatic carbocycles. The number of nitrogens with one attached hydrogen (secondary N) is 1. The van der Waals surface area contributed by atoms with Gasteiger partial charge in [0.2, 0.25) is 5.91 Å². The van der Waals surface area contributed by atoms with Gasteiger partial charge in [0.05, 0.1) is 20.3 Å². The number of amides is 3. The Bertz CT molecular complexity index is 347. The molecule has 1 heterocycles. The van der Waals surface area contributed by atoms with Gasteiger partial charge in [-0.2, -0.15) is 0 Å². The third kappa shape index (κ3) is 3.58. The Balaban J connectivity index is 2.68. The summed E-state index contributed by atoms with van der Waals surface area (Å²) in [7, 11) is 1.22. The largest absolute Gasteiger partial charge is 0.467 e. The molecule has 8 heteroatoms. The number of halogens is 1. The Hall–Kier alpha value is -1.34. The summed E-state index contributed by atoms with van der Waals surface area (Å²) in [5, 5.41) is 1.28. The van der Waals surface area contributed by atoms with Crippen LogP contribution in [-0.2, 0) is 19.1 Å². The molecule has 0 aromatic heterocycles. The van der Waals surface area contributed by atoms with E-state index in [9.17, 15) is 14.4 Å². The van der Waals surface area contributed by atoms with Gasteiger partial charge in [-0.25, -0.2) is 9.59 Å². The maximum Gasteiger partial charge on any atom is 0.331 e. The van der Waals surface area contributed by atoms with Crippen LogP contribution in [0.3, 0.4) is 0 Å². The first-order valence-electron chi connectivity index (χ1n) is 5.38. The molecule has 0 radical (unpaired) electrons. The first-order valence-corrected chi connectivity index (χ1v) is 5.82. The lowest BCUT2D eigenvalue weighted by molar-refractivity contribution is -0.151. The Morgan fingerprint density at radius 2 is 2.17 bits per heavy atom. The monoisotopic (exact) mass is 278 g/mol. The first-order chi connectivity index (χ1) is 8.47. The molecule has 0 spiro atoms. The van der Waals surface area contributed by atoms with Crippen LogP contribution in [0, 0.1) is 0 Å². The summed E-state index contributed by atoms with van der Waals surface area (Å²) in [6, 6.07) is -1.52. The van der Waals surface area contributed by atoms with Crippen LogP contribution in [0.5, 0.6) is 0 Å². The van der Waals surface area contributed by atoms with Gasteiger partial charge in [-0.3, -0.25) is 10.1 Å². The number of rotatable bonds is 2. The first kappa shape index (κ1) is 14.7. The second-order valence-electron chi connectivity index (χ2n) is 3.72. The quantitative estimate of drug-likeness (QED) is 0.555. The molecule has 1 saturated heterocycles. The van der Waals surface area contributed by atoms with Crippen LogP contribution in [0.2, 0.25) is 0 Å². The molecule has 1 aliphatic heterocycles. The number of urea groups is 1. The Morgan fingerprint density at radius 1 is 1.50 bits per heavy atom. The SMILES string of the molecule is COC(=O)C1COCCN1C(=O)NC(=O)C(C)Cl. The van der Waals surface area contributed by atoms with Crippen LogP contribution in [0.15, 0.2) is 0 Å². The van der Waals surface area contributed by atoms with Crippen molar-refractivity contribution in [2.45, 2.75) is 18.3 Å². The minimum absolute atomic E-state index is 0.0463. The van der Waals surface area contributed by atoms with Gasteiger partial charge in [0.15, 0.2) is 6.04 Å². The number of ether oxygens (including phenoxy) is 2. The third-order valence-electron chi connectivity index (χ3n) is 2.45. The van der Waals surface area contributed by atoms with E-state index in [4.69, 9.17) is 16.3 Å². The molecular weight excluding hydrogens is 264 g/mol. The van der Waals surface area contributed by atoms with E-state index in [1.165, 1.54) is 18.9 Å². The number of imide groups is 1. The Kier molecular flexibility index (Phi) is 5.36. The average Bonchev–Trinajstić information content (AvgIpc) is 2.37. The number of carbonyl (C=O) groups is 3. The number of carbonyl (C=O) groups excluding carboxylic acids is 3. The van der Waals surface area contributed by atoms with E-state index >= 15 is 0 Å². The molecule has 18 heavy (non-hydrogen) atoms. The summed E-state index contributed by atoms with van der Waals surface area (Å²) >= 11 is 5.54. The van der Waals surface area contributed by atoms with E-state index in [0.29, 0.717) is 6.61 Å². The topological polar surface area (TPSA) is 84.9 Å². The molecule has 0 bridgehead atoms. The number of methoxy groups -OCH3 is 1. The summed E-state index contributed by atoms with van der Waals surface area (Å²) in [5.41, 5.74) is 0. The van der Waals surface area contributed by atoms with Crippen LogP contribution in [0.25, 0.3) is 0 Å². The highest BCUT2D eigenvalue weighted by Gasteiger charge is 2.34. The maximum atomic E-state index is 11.8. The van der Waals surface area contributed by atoms with Gasteiger partial charge in [0.25, 0.3) is 0 Å². The van der Waals surface area contributed by atoms with Crippen molar-refractivity contribution >= 4 is 29.5 Å². The van der Waals surface area contributed by atoms with E-state index in [0.717, 1.165) is 0 Å². The van der Waals surface area contributed by atoms with E-state index in [2.05, 4.69) is 10.1 Å². The van der Waals surface area contributed by atoms with Crippen LogP contribution in [0.4, 0.5) is 4.79 Å². The zero-order chi connectivity index (χ0) is 13.7. The zero-order valence-electron chi connectivity index (χ0n) is 10.1. The summed E-state index contributed by atoms with van der Waals surface area (Å²) in [6.45, 7) is 1.99. The molecule has 2 atom stereocenters. The zero-order valence-corrected chi connectivity index (χ0v) is 10.9. The second kappa shape index (κ2) is 6.55. The second-order valence-corrected chi connectivity index (χ2v) is 4.37. The summed E-state index contributed by atoms with van der Waals surface area (Å²) in [4.78, 5) is 35.8. The fraction of sp³-hybridized carbons (Fsp3) is 0.700. The minimum Gasteiger partial charge on any atom is -0.467 e. The lowest BCUT2D eigenvalue weighted by atomic mass is 10.2. The van der Waals surface area contributed by atoms with Gasteiger partial charge in [-0.05, 0) is 6.92 Å². The van der Waals surface area contributed by atoms with Crippen molar-refractivity contribution in [3.8, 4) is 0 Å². The molecule has 0 aliphatic carbocycles. The van der Waals surface area contributed by atoms with Crippen molar-refractivity contribution in [3.63, 3.8) is 0 Å². The molecule has 2 unspecified atom stereocenters. The van der Waals surface area contributed by atoms with Gasteiger partial charge < -0.3 is 14.4 Å². The lowest BCUT2D eigenvalue weighted by Gasteiger charge is -2.33. The summed E-state index contributed by atoms with van der Waals surface area (Å²) in [6.07, 6.45) is 0. The van der Waals surface area contributed by atoms with E-state index in [-0.39, 0.29) is 13.2 Å². The molecule has 1 fully saturated rings. The number of nitrogens with zero attached hydrogens (tertiary/aromatic N) is 1. The highest BCUT2D eigenvalue weighted by molar-refractivity contribution is 6.31. The molecule has 7 nitrogen and oxygen atoms in total. The van der Waals surface area contributed by atoms with Crippen molar-refractivity contribution < 1.29 is 23.9 Å². The number of hydrogen-bond acceptors (Lipinski definition) is 5. The standard InChI is InChI=1S/C10H15ClN2O5/c1-6(11)8(14)12-10(16)13-3-4-18-5-7(13)9(15)17-2/h6-7H,3-5H2,1-2H3,(H,12,14,16). The van der Waals surface area contributed by atoms with Crippen molar-refractivity contribution in [2.24, 2.45) is 0 Å². The van der Waals surface area contributed by atoms with Gasteiger partial charge in [-0.1, -0.05) is 0 Å². The van der Waals surface area contributed by atoms with Crippen LogP contribution in [0.1, 0.15) is 6.92 Å². The fourth-order valence-electron chi connectivity index (χ4n) is 1.45. The minimum atomic E-state index is -0.845. The number of hydrogen-bond donors (Lipinski definition) is 1. The molecular formula is C10H15ClN2O5. The average molecular weight is 279 g/mol. The molecule has 1 N–H and O–H groups in total. The van der Waals surface area contributed by atoms with Crippen molar-refractivity contribution in [3.05, 3.63) is 0 Å². The summed E-state index contributed by atoms with van der Waals surface area (Å²) < 4.78 is 9.68. The normalized spacial score (nSPS) is 21.1. The smallest absolute Gasteiger partial charge is 0.331 e. The lowest BCUT2D eigenvalue weighted by Crippen LogP contribution is -2.57. The molecule has 1 rings (SSSR count). The highest BCUT2D eigenvalue weighted by Crippen LogP contribution is 2.09. The number of morpholine rings is 1. The van der Waals surface area contributed by atoms with Crippen LogP contribution >= 0.6 is 11.6 Å². The van der Waals surface area contributed by atoms with Crippen molar-refractivity contribution in [1.29, 1.82) is 0 Å². The van der Waals surface area contributed by atoms with Gasteiger partial charge in [0.1, 0.15) is 5.38 Å².